The van der Waals surface area contributed by atoms with Gasteiger partial charge in [0.05, 0.1) is 6.61 Å². The molecule has 2 saturated heterocycles. The van der Waals surface area contributed by atoms with Gasteiger partial charge in [-0.3, -0.25) is 9.69 Å². The molecule has 1 amide bonds. The minimum Gasteiger partial charge on any atom is -0.379 e. The molecule has 5 heteroatoms. The van der Waals surface area contributed by atoms with Gasteiger partial charge in [-0.15, -0.1) is 0 Å². The number of carbonyl (C=O) groups is 1. The summed E-state index contributed by atoms with van der Waals surface area (Å²) in [5, 5.41) is 0. The number of ether oxygens (including phenoxy) is 1. The summed E-state index contributed by atoms with van der Waals surface area (Å²) in [6.45, 7) is 9.05. The maximum atomic E-state index is 12.4. The Morgan fingerprint density at radius 3 is 2.78 bits per heavy atom. The monoisotopic (exact) mass is 255 g/mol. The first kappa shape index (κ1) is 13.8. The Morgan fingerprint density at radius 2 is 2.22 bits per heavy atom. The van der Waals surface area contributed by atoms with Crippen LogP contribution in [-0.4, -0.2) is 66.7 Å². The predicted octanol–water partition coefficient (Wildman–Crippen LogP) is 0.0469. The third-order valence-corrected chi connectivity index (χ3v) is 4.26. The molecular formula is C13H25N3O2. The van der Waals surface area contributed by atoms with E-state index in [1.165, 1.54) is 0 Å². The number of hydrogen-bond acceptors (Lipinski definition) is 4. The maximum absolute atomic E-state index is 12.4. The number of likely N-dealkylation sites (N-methyl/N-ethyl adjacent to an activating group) is 1. The molecule has 0 spiro atoms. The van der Waals surface area contributed by atoms with E-state index >= 15 is 0 Å². The van der Waals surface area contributed by atoms with Crippen LogP contribution in [0.15, 0.2) is 0 Å². The number of likely N-dealkylation sites (tertiary alicyclic amines) is 1. The summed E-state index contributed by atoms with van der Waals surface area (Å²) in [6, 6.07) is 0.495. The van der Waals surface area contributed by atoms with E-state index in [-0.39, 0.29) is 5.91 Å². The van der Waals surface area contributed by atoms with Gasteiger partial charge in [-0.25, -0.2) is 0 Å². The summed E-state index contributed by atoms with van der Waals surface area (Å²) < 4.78 is 5.27. The fraction of sp³-hybridized carbons (Fsp3) is 0.923. The first-order chi connectivity index (χ1) is 8.60. The number of nitrogens with zero attached hydrogens (tertiary/aromatic N) is 2. The highest BCUT2D eigenvalue weighted by molar-refractivity contribution is 5.87. The van der Waals surface area contributed by atoms with Crippen molar-refractivity contribution in [3.8, 4) is 0 Å². The van der Waals surface area contributed by atoms with Crippen LogP contribution in [0.1, 0.15) is 26.7 Å². The van der Waals surface area contributed by atoms with Crippen LogP contribution in [0, 0.1) is 0 Å². The Bertz CT molecular complexity index is 299. The zero-order valence-electron chi connectivity index (χ0n) is 11.5. The largest absolute Gasteiger partial charge is 0.379 e. The lowest BCUT2D eigenvalue weighted by atomic mass is 9.98. The van der Waals surface area contributed by atoms with E-state index < -0.39 is 5.54 Å². The van der Waals surface area contributed by atoms with Crippen molar-refractivity contribution in [3.63, 3.8) is 0 Å². The summed E-state index contributed by atoms with van der Waals surface area (Å²) in [4.78, 5) is 16.8. The van der Waals surface area contributed by atoms with Crippen LogP contribution in [0.2, 0.25) is 0 Å². The van der Waals surface area contributed by atoms with E-state index in [4.69, 9.17) is 10.5 Å². The van der Waals surface area contributed by atoms with E-state index in [0.29, 0.717) is 25.7 Å². The lowest BCUT2D eigenvalue weighted by Crippen LogP contribution is -2.55. The number of rotatable bonds is 4. The van der Waals surface area contributed by atoms with Crippen molar-refractivity contribution in [2.24, 2.45) is 5.73 Å². The van der Waals surface area contributed by atoms with Crippen LogP contribution in [0.4, 0.5) is 0 Å². The van der Waals surface area contributed by atoms with Crippen LogP contribution >= 0.6 is 0 Å². The molecule has 2 heterocycles. The Labute approximate surface area is 109 Å². The van der Waals surface area contributed by atoms with Crippen LogP contribution in [0.25, 0.3) is 0 Å². The molecular weight excluding hydrogens is 230 g/mol. The van der Waals surface area contributed by atoms with Gasteiger partial charge >= 0.3 is 0 Å². The van der Waals surface area contributed by atoms with Gasteiger partial charge in [0.2, 0.25) is 5.91 Å². The van der Waals surface area contributed by atoms with Crippen LogP contribution in [0.5, 0.6) is 0 Å². The zero-order valence-corrected chi connectivity index (χ0v) is 11.5. The molecule has 0 aromatic carbocycles. The Balaban J connectivity index is 1.94. The van der Waals surface area contributed by atoms with E-state index in [1.807, 2.05) is 4.90 Å². The van der Waals surface area contributed by atoms with Gasteiger partial charge in [0, 0.05) is 25.7 Å². The maximum Gasteiger partial charge on any atom is 0.245 e. The van der Waals surface area contributed by atoms with E-state index in [1.54, 1.807) is 0 Å². The lowest BCUT2D eigenvalue weighted by Gasteiger charge is -2.29. The van der Waals surface area contributed by atoms with Crippen molar-refractivity contribution in [3.05, 3.63) is 0 Å². The normalized spacial score (nSPS) is 32.4. The molecule has 0 radical (unpaired) electrons. The second-order valence-electron chi connectivity index (χ2n) is 5.37. The molecule has 0 aromatic rings. The smallest absolute Gasteiger partial charge is 0.245 e. The lowest BCUT2D eigenvalue weighted by molar-refractivity contribution is -0.136. The van der Waals surface area contributed by atoms with E-state index in [0.717, 1.165) is 32.6 Å². The van der Waals surface area contributed by atoms with Gasteiger partial charge in [-0.1, -0.05) is 13.8 Å². The van der Waals surface area contributed by atoms with Crippen LogP contribution < -0.4 is 5.73 Å². The number of nitrogens with two attached hydrogens (primary N) is 1. The SMILES string of the molecule is CCN(CC)C1CCN(C(=O)C2(N)CCOC2)C1. The molecule has 2 rings (SSSR count). The molecule has 0 saturated carbocycles. The first-order valence-corrected chi connectivity index (χ1v) is 7.00. The molecule has 2 N–H and O–H groups in total. The minimum atomic E-state index is -0.766. The standard InChI is InChI=1S/C13H25N3O2/c1-3-15(4-2)11-5-7-16(9-11)12(17)13(14)6-8-18-10-13/h11H,3-10,14H2,1-2H3. The molecule has 5 nitrogen and oxygen atoms in total. The highest BCUT2D eigenvalue weighted by atomic mass is 16.5. The van der Waals surface area contributed by atoms with Crippen molar-refractivity contribution < 1.29 is 9.53 Å². The Hall–Kier alpha value is -0.650. The van der Waals surface area contributed by atoms with Crippen molar-refractivity contribution >= 4 is 5.91 Å². The molecule has 104 valence electrons. The topological polar surface area (TPSA) is 58.8 Å². The van der Waals surface area contributed by atoms with Gasteiger partial charge in [0.1, 0.15) is 5.54 Å². The van der Waals surface area contributed by atoms with E-state index in [9.17, 15) is 4.79 Å². The molecule has 2 unspecified atom stereocenters. The number of carbonyl (C=O) groups excluding carboxylic acids is 1. The molecule has 2 aliphatic rings. The zero-order chi connectivity index (χ0) is 13.2. The molecule has 18 heavy (non-hydrogen) atoms. The predicted molar refractivity (Wildman–Crippen MR) is 70.3 cm³/mol. The molecule has 2 aliphatic heterocycles. The fourth-order valence-electron chi connectivity index (χ4n) is 3.03. The first-order valence-electron chi connectivity index (χ1n) is 7.00. The van der Waals surface area contributed by atoms with Crippen molar-refractivity contribution in [2.75, 3.05) is 39.4 Å². The highest BCUT2D eigenvalue weighted by Gasteiger charge is 2.43. The van der Waals surface area contributed by atoms with Crippen molar-refractivity contribution in [1.82, 2.24) is 9.80 Å². The van der Waals surface area contributed by atoms with Gasteiger partial charge in [0.15, 0.2) is 0 Å². The third-order valence-electron chi connectivity index (χ3n) is 4.26. The summed E-state index contributed by atoms with van der Waals surface area (Å²) in [7, 11) is 0. The molecule has 0 aromatic heterocycles. The van der Waals surface area contributed by atoms with Crippen molar-refractivity contribution in [2.45, 2.75) is 38.3 Å². The summed E-state index contributed by atoms with van der Waals surface area (Å²) in [6.07, 6.45) is 1.71. The number of hydrogen-bond donors (Lipinski definition) is 1. The summed E-state index contributed by atoms with van der Waals surface area (Å²) >= 11 is 0. The molecule has 2 fully saturated rings. The Kier molecular flexibility index (Phi) is 4.25. The van der Waals surface area contributed by atoms with Gasteiger partial charge in [-0.05, 0) is 25.9 Å². The average Bonchev–Trinajstić information content (AvgIpc) is 3.00. The van der Waals surface area contributed by atoms with Gasteiger partial charge in [0.25, 0.3) is 0 Å². The summed E-state index contributed by atoms with van der Waals surface area (Å²) in [5.74, 6) is 0.0784. The van der Waals surface area contributed by atoms with Crippen LogP contribution in [0.3, 0.4) is 0 Å². The van der Waals surface area contributed by atoms with Gasteiger partial charge < -0.3 is 15.4 Å². The second kappa shape index (κ2) is 5.55. The fourth-order valence-corrected chi connectivity index (χ4v) is 3.03. The van der Waals surface area contributed by atoms with E-state index in [2.05, 4.69) is 18.7 Å². The van der Waals surface area contributed by atoms with Gasteiger partial charge in [-0.2, -0.15) is 0 Å². The highest BCUT2D eigenvalue weighted by Crippen LogP contribution is 2.23. The number of amides is 1. The van der Waals surface area contributed by atoms with Crippen molar-refractivity contribution in [1.29, 1.82) is 0 Å². The van der Waals surface area contributed by atoms with Crippen LogP contribution in [-0.2, 0) is 9.53 Å². The quantitative estimate of drug-likeness (QED) is 0.771. The average molecular weight is 255 g/mol. The summed E-state index contributed by atoms with van der Waals surface area (Å²) in [5.41, 5.74) is 5.37. The molecule has 0 aliphatic carbocycles. The third kappa shape index (κ3) is 2.53. The molecule has 0 bridgehead atoms. The Morgan fingerprint density at radius 1 is 1.50 bits per heavy atom. The minimum absolute atomic E-state index is 0.0784. The second-order valence-corrected chi connectivity index (χ2v) is 5.37. The molecule has 2 atom stereocenters.